The van der Waals surface area contributed by atoms with Crippen LogP contribution < -0.4 is 10.6 Å². The van der Waals surface area contributed by atoms with Crippen molar-refractivity contribution in [2.24, 2.45) is 0 Å². The minimum Gasteiger partial charge on any atom is -0.373 e. The molecule has 1 saturated heterocycles. The Kier molecular flexibility index (Phi) is 5.31. The minimum absolute atomic E-state index is 0.738. The van der Waals surface area contributed by atoms with Crippen LogP contribution in [0.4, 0.5) is 11.6 Å². The van der Waals surface area contributed by atoms with Crippen LogP contribution in [0.25, 0.3) is 0 Å². The molecule has 1 atom stereocenters. The Labute approximate surface area is 120 Å². The number of thioether (sulfide) groups is 1. The van der Waals surface area contributed by atoms with Crippen molar-refractivity contribution in [2.45, 2.75) is 44.8 Å². The third-order valence-electron chi connectivity index (χ3n) is 3.42. The first-order chi connectivity index (χ1) is 9.24. The summed E-state index contributed by atoms with van der Waals surface area (Å²) in [5.74, 6) is 4.17. The van der Waals surface area contributed by atoms with Crippen molar-refractivity contribution < 1.29 is 0 Å². The summed E-state index contributed by atoms with van der Waals surface area (Å²) in [6.07, 6.45) is 4.68. The van der Waals surface area contributed by atoms with Gasteiger partial charge in [-0.2, -0.15) is 11.8 Å². The monoisotopic (exact) mass is 280 g/mol. The molecule has 0 bridgehead atoms. The van der Waals surface area contributed by atoms with Crippen LogP contribution in [0.5, 0.6) is 0 Å². The summed E-state index contributed by atoms with van der Waals surface area (Å²) >= 11 is 2.07. The Morgan fingerprint density at radius 2 is 2.11 bits per heavy atom. The van der Waals surface area contributed by atoms with E-state index in [9.17, 15) is 0 Å². The molecule has 0 aliphatic carbocycles. The van der Waals surface area contributed by atoms with E-state index < -0.39 is 0 Å². The zero-order chi connectivity index (χ0) is 13.7. The van der Waals surface area contributed by atoms with Crippen molar-refractivity contribution in [3.63, 3.8) is 0 Å². The molecule has 0 spiro atoms. The van der Waals surface area contributed by atoms with Crippen LogP contribution in [-0.4, -0.2) is 34.6 Å². The number of aromatic nitrogens is 2. The molecule has 1 aliphatic heterocycles. The first kappa shape index (κ1) is 14.4. The highest BCUT2D eigenvalue weighted by atomic mass is 32.2. The van der Waals surface area contributed by atoms with Gasteiger partial charge in [-0.15, -0.1) is 0 Å². The number of hydrogen-bond acceptors (Lipinski definition) is 5. The Morgan fingerprint density at radius 3 is 2.74 bits per heavy atom. The molecule has 2 heterocycles. The van der Waals surface area contributed by atoms with Gasteiger partial charge in [-0.3, -0.25) is 0 Å². The quantitative estimate of drug-likeness (QED) is 0.838. The molecule has 1 aliphatic rings. The van der Waals surface area contributed by atoms with Crippen LogP contribution in [0, 0.1) is 6.92 Å². The molecule has 2 N–H and O–H groups in total. The summed E-state index contributed by atoms with van der Waals surface area (Å²) in [5, 5.41) is 7.42. The fourth-order valence-corrected chi connectivity index (χ4v) is 3.53. The van der Waals surface area contributed by atoms with Crippen LogP contribution >= 0.6 is 11.8 Å². The Morgan fingerprint density at radius 1 is 1.32 bits per heavy atom. The number of aryl methyl sites for hydroxylation is 1. The maximum absolute atomic E-state index is 4.66. The highest BCUT2D eigenvalue weighted by Crippen LogP contribution is 2.27. The van der Waals surface area contributed by atoms with E-state index in [2.05, 4.69) is 46.2 Å². The van der Waals surface area contributed by atoms with Gasteiger partial charge in [-0.1, -0.05) is 6.92 Å². The third kappa shape index (κ3) is 3.75. The molecule has 0 aromatic carbocycles. The zero-order valence-corrected chi connectivity index (χ0v) is 12.9. The summed E-state index contributed by atoms with van der Waals surface area (Å²) in [7, 11) is 1.92. The molecule has 0 radical (unpaired) electrons. The molecule has 4 nitrogen and oxygen atoms in total. The number of nitrogens with zero attached hydrogens (tertiary/aromatic N) is 2. The predicted molar refractivity (Wildman–Crippen MR) is 84.3 cm³/mol. The molecule has 0 saturated carbocycles. The van der Waals surface area contributed by atoms with Gasteiger partial charge >= 0.3 is 0 Å². The Bertz CT molecular complexity index is 416. The van der Waals surface area contributed by atoms with Gasteiger partial charge in [0.2, 0.25) is 0 Å². The molecule has 106 valence electrons. The second-order valence-corrected chi connectivity index (χ2v) is 6.39. The second kappa shape index (κ2) is 6.98. The van der Waals surface area contributed by atoms with Crippen molar-refractivity contribution in [2.75, 3.05) is 30.0 Å². The first-order valence-corrected chi connectivity index (χ1v) is 8.20. The molecule has 1 aromatic heterocycles. The van der Waals surface area contributed by atoms with Gasteiger partial charge in [-0.05, 0) is 31.9 Å². The molecule has 1 unspecified atom stereocenters. The van der Waals surface area contributed by atoms with E-state index in [1.807, 2.05) is 7.05 Å². The fourth-order valence-electron chi connectivity index (χ4n) is 2.33. The molecule has 1 fully saturated rings. The summed E-state index contributed by atoms with van der Waals surface area (Å²) < 4.78 is 0. The van der Waals surface area contributed by atoms with Crippen LogP contribution in [-0.2, 0) is 6.42 Å². The van der Waals surface area contributed by atoms with Gasteiger partial charge in [0.15, 0.2) is 0 Å². The highest BCUT2D eigenvalue weighted by molar-refractivity contribution is 8.00. The maximum atomic E-state index is 4.66. The smallest absolute Gasteiger partial charge is 0.134 e. The highest BCUT2D eigenvalue weighted by Gasteiger charge is 2.16. The Hall–Kier alpha value is -0.970. The van der Waals surface area contributed by atoms with E-state index in [0.717, 1.165) is 47.7 Å². The lowest BCUT2D eigenvalue weighted by atomic mass is 10.2. The van der Waals surface area contributed by atoms with Gasteiger partial charge in [0.25, 0.3) is 0 Å². The maximum Gasteiger partial charge on any atom is 0.134 e. The lowest BCUT2D eigenvalue weighted by molar-refractivity contribution is 0.795. The van der Waals surface area contributed by atoms with Crippen molar-refractivity contribution in [1.82, 2.24) is 9.97 Å². The first-order valence-electron chi connectivity index (χ1n) is 7.15. The minimum atomic E-state index is 0.738. The van der Waals surface area contributed by atoms with Crippen molar-refractivity contribution in [3.05, 3.63) is 11.4 Å². The van der Waals surface area contributed by atoms with Gasteiger partial charge < -0.3 is 10.6 Å². The van der Waals surface area contributed by atoms with Crippen LogP contribution in [0.2, 0.25) is 0 Å². The lowest BCUT2D eigenvalue weighted by Crippen LogP contribution is -2.17. The zero-order valence-electron chi connectivity index (χ0n) is 12.1. The second-order valence-electron chi connectivity index (χ2n) is 4.98. The number of anilines is 2. The number of hydrogen-bond donors (Lipinski definition) is 2. The van der Waals surface area contributed by atoms with E-state index >= 15 is 0 Å². The Balaban J connectivity index is 2.09. The molecular formula is C14H24N4S. The molecule has 5 heteroatoms. The summed E-state index contributed by atoms with van der Waals surface area (Å²) in [6.45, 7) is 5.24. The topological polar surface area (TPSA) is 49.8 Å². The predicted octanol–water partition coefficient (Wildman–Crippen LogP) is 3.09. The van der Waals surface area contributed by atoms with Crippen molar-refractivity contribution >= 4 is 23.4 Å². The van der Waals surface area contributed by atoms with E-state index in [4.69, 9.17) is 0 Å². The standard InChI is InChI=1S/C14H24N4S/c1-4-6-12-17-13(15-3)10(2)14(18-12)16-9-11-7-5-8-19-11/h11H,4-9H2,1-3H3,(H2,15,16,17,18). The van der Waals surface area contributed by atoms with Crippen LogP contribution in [0.15, 0.2) is 0 Å². The average molecular weight is 280 g/mol. The SMILES string of the molecule is CCCc1nc(NC)c(C)c(NCC2CCCS2)n1. The van der Waals surface area contributed by atoms with E-state index in [0.29, 0.717) is 0 Å². The van der Waals surface area contributed by atoms with Gasteiger partial charge in [-0.25, -0.2) is 9.97 Å². The number of nitrogens with one attached hydrogen (secondary N) is 2. The van der Waals surface area contributed by atoms with Crippen LogP contribution in [0.3, 0.4) is 0 Å². The normalized spacial score (nSPS) is 18.6. The fraction of sp³-hybridized carbons (Fsp3) is 0.714. The summed E-state index contributed by atoms with van der Waals surface area (Å²) in [5.41, 5.74) is 1.12. The molecule has 1 aromatic rings. The van der Waals surface area contributed by atoms with Crippen molar-refractivity contribution in [3.8, 4) is 0 Å². The van der Waals surface area contributed by atoms with Crippen molar-refractivity contribution in [1.29, 1.82) is 0 Å². The van der Waals surface area contributed by atoms with Gasteiger partial charge in [0.05, 0.1) is 0 Å². The van der Waals surface area contributed by atoms with E-state index in [-0.39, 0.29) is 0 Å². The van der Waals surface area contributed by atoms with Gasteiger partial charge in [0.1, 0.15) is 17.5 Å². The average Bonchev–Trinajstić information content (AvgIpc) is 2.92. The van der Waals surface area contributed by atoms with E-state index in [1.165, 1.54) is 18.6 Å². The largest absolute Gasteiger partial charge is 0.373 e. The molecule has 2 rings (SSSR count). The van der Waals surface area contributed by atoms with Crippen LogP contribution in [0.1, 0.15) is 37.6 Å². The molecular weight excluding hydrogens is 256 g/mol. The van der Waals surface area contributed by atoms with E-state index in [1.54, 1.807) is 0 Å². The summed E-state index contributed by atoms with van der Waals surface area (Å²) in [4.78, 5) is 9.21. The molecule has 19 heavy (non-hydrogen) atoms. The van der Waals surface area contributed by atoms with Gasteiger partial charge in [0, 0.05) is 30.8 Å². The third-order valence-corrected chi connectivity index (χ3v) is 4.82. The molecule has 0 amide bonds. The summed E-state index contributed by atoms with van der Waals surface area (Å²) in [6, 6.07) is 0. The lowest BCUT2D eigenvalue weighted by Gasteiger charge is -2.15. The number of rotatable bonds is 6.